The largest absolute Gasteiger partial charge is 0.465 e. The predicted octanol–water partition coefficient (Wildman–Crippen LogP) is 3.74. The molecule has 0 amide bonds. The van der Waals surface area contributed by atoms with Crippen LogP contribution >= 0.6 is 11.3 Å². The van der Waals surface area contributed by atoms with Crippen LogP contribution in [0.2, 0.25) is 0 Å². The summed E-state index contributed by atoms with van der Waals surface area (Å²) in [6, 6.07) is 9.42. The number of thiophene rings is 1. The summed E-state index contributed by atoms with van der Waals surface area (Å²) in [5.74, 6) is 1.61. The first-order chi connectivity index (χ1) is 16.8. The molecule has 0 atom stereocenters. The Morgan fingerprint density at radius 2 is 1.77 bits per heavy atom. The monoisotopic (exact) mass is 517 g/mol. The van der Waals surface area contributed by atoms with E-state index in [1.807, 2.05) is 43.3 Å². The third kappa shape index (κ3) is 5.91. The summed E-state index contributed by atoms with van der Waals surface area (Å²) in [5.41, 5.74) is 0.908. The quantitative estimate of drug-likeness (QED) is 0.413. The summed E-state index contributed by atoms with van der Waals surface area (Å²) in [4.78, 5) is 23.3. The number of methoxy groups -OCH3 is 1. The normalized spacial score (nSPS) is 18.4. The number of carbonyl (C=O) groups is 1. The molecule has 0 spiro atoms. The number of hydrogen-bond donors (Lipinski definition) is 2. The highest BCUT2D eigenvalue weighted by Crippen LogP contribution is 2.30. The van der Waals surface area contributed by atoms with Crippen LogP contribution in [0.15, 0.2) is 40.6 Å². The number of ether oxygens (including phenoxy) is 1. The predicted molar refractivity (Wildman–Crippen MR) is 139 cm³/mol. The van der Waals surface area contributed by atoms with Crippen molar-refractivity contribution in [1.29, 1.82) is 0 Å². The minimum absolute atomic E-state index is 0.0142. The second kappa shape index (κ2) is 10.9. The van der Waals surface area contributed by atoms with Gasteiger partial charge in [-0.2, -0.15) is 4.98 Å². The van der Waals surface area contributed by atoms with E-state index in [0.717, 1.165) is 60.3 Å². The maximum absolute atomic E-state index is 12.7. The molecule has 0 unspecified atom stereocenters. The van der Waals surface area contributed by atoms with Crippen molar-refractivity contribution in [3.63, 3.8) is 0 Å². The van der Waals surface area contributed by atoms with Crippen LogP contribution < -0.4 is 14.9 Å². The summed E-state index contributed by atoms with van der Waals surface area (Å²) >= 11 is 1.06. The molecule has 1 aliphatic carbocycles. The maximum atomic E-state index is 12.7. The molecule has 9 nitrogen and oxygen atoms in total. The fourth-order valence-corrected chi connectivity index (χ4v) is 6.86. The SMILES string of the molecule is COC(=O)c1sccc1S(=O)(=O)NCC1CCC(CNc2nc(N(C)C)c3ccccc3n2)CC1. The Morgan fingerprint density at radius 3 is 2.46 bits per heavy atom. The second-order valence-corrected chi connectivity index (χ2v) is 11.7. The van der Waals surface area contributed by atoms with Gasteiger partial charge in [0, 0.05) is 32.6 Å². The standard InChI is InChI=1S/C24H31N5O4S2/c1-29(2)22-18-6-4-5-7-19(18)27-24(28-22)25-14-16-8-10-17(11-9-16)15-26-35(31,32)20-12-13-34-21(20)23(30)33-3/h4-7,12-13,16-17,26H,8-11,14-15H2,1-3H3,(H,25,27,28). The molecule has 2 heterocycles. The Morgan fingerprint density at radius 1 is 1.09 bits per heavy atom. The first kappa shape index (κ1) is 25.3. The average Bonchev–Trinajstić information content (AvgIpc) is 3.37. The van der Waals surface area contributed by atoms with Gasteiger partial charge in [0.05, 0.1) is 12.6 Å². The van der Waals surface area contributed by atoms with Crippen LogP contribution in [0.3, 0.4) is 0 Å². The van der Waals surface area contributed by atoms with Crippen molar-refractivity contribution in [2.75, 3.05) is 44.5 Å². The lowest BCUT2D eigenvalue weighted by Crippen LogP contribution is -2.32. The van der Waals surface area contributed by atoms with Gasteiger partial charge in [0.15, 0.2) is 0 Å². The lowest BCUT2D eigenvalue weighted by atomic mass is 9.82. The van der Waals surface area contributed by atoms with Gasteiger partial charge in [-0.15, -0.1) is 11.3 Å². The van der Waals surface area contributed by atoms with Crippen LogP contribution in [0.25, 0.3) is 10.9 Å². The summed E-state index contributed by atoms with van der Waals surface area (Å²) < 4.78 is 32.8. The van der Waals surface area contributed by atoms with Crippen molar-refractivity contribution in [3.05, 3.63) is 40.6 Å². The van der Waals surface area contributed by atoms with E-state index in [2.05, 4.69) is 15.0 Å². The number of aromatic nitrogens is 2. The van der Waals surface area contributed by atoms with Crippen LogP contribution in [0.5, 0.6) is 0 Å². The molecule has 1 fully saturated rings. The Kier molecular flexibility index (Phi) is 7.88. The van der Waals surface area contributed by atoms with Gasteiger partial charge in [-0.3, -0.25) is 0 Å². The highest BCUT2D eigenvalue weighted by Gasteiger charge is 2.27. The summed E-state index contributed by atoms with van der Waals surface area (Å²) in [6.45, 7) is 1.14. The highest BCUT2D eigenvalue weighted by atomic mass is 32.2. The van der Waals surface area contributed by atoms with Crippen LogP contribution in [0.1, 0.15) is 35.4 Å². The van der Waals surface area contributed by atoms with Crippen molar-refractivity contribution < 1.29 is 17.9 Å². The van der Waals surface area contributed by atoms with Gasteiger partial charge in [0.1, 0.15) is 15.6 Å². The lowest BCUT2D eigenvalue weighted by Gasteiger charge is -2.28. The van der Waals surface area contributed by atoms with E-state index in [1.54, 1.807) is 5.38 Å². The molecule has 1 saturated carbocycles. The highest BCUT2D eigenvalue weighted by molar-refractivity contribution is 7.89. The van der Waals surface area contributed by atoms with Gasteiger partial charge >= 0.3 is 5.97 Å². The molecule has 0 aliphatic heterocycles. The van der Waals surface area contributed by atoms with Gasteiger partial charge in [0.2, 0.25) is 16.0 Å². The van der Waals surface area contributed by atoms with Crippen LogP contribution in [0.4, 0.5) is 11.8 Å². The summed E-state index contributed by atoms with van der Waals surface area (Å²) in [6.07, 6.45) is 3.87. The zero-order valence-corrected chi connectivity index (χ0v) is 21.8. The summed E-state index contributed by atoms with van der Waals surface area (Å²) in [5, 5.41) is 6.01. The zero-order chi connectivity index (χ0) is 25.0. The first-order valence-electron chi connectivity index (χ1n) is 11.6. The van der Waals surface area contributed by atoms with Crippen LogP contribution in [-0.4, -0.2) is 58.6 Å². The second-order valence-electron chi connectivity index (χ2n) is 9.01. The number of rotatable bonds is 9. The van der Waals surface area contributed by atoms with E-state index in [0.29, 0.717) is 18.4 Å². The summed E-state index contributed by atoms with van der Waals surface area (Å²) in [7, 11) is 1.43. The number of sulfonamides is 1. The van der Waals surface area contributed by atoms with E-state index in [-0.39, 0.29) is 15.7 Å². The van der Waals surface area contributed by atoms with Crippen molar-refractivity contribution in [1.82, 2.24) is 14.7 Å². The topological polar surface area (TPSA) is 114 Å². The van der Waals surface area contributed by atoms with Crippen molar-refractivity contribution in [2.24, 2.45) is 11.8 Å². The number of para-hydroxylation sites is 1. The molecule has 3 aromatic rings. The first-order valence-corrected chi connectivity index (χ1v) is 14.0. The van der Waals surface area contributed by atoms with E-state index in [4.69, 9.17) is 9.72 Å². The third-order valence-corrected chi connectivity index (χ3v) is 8.86. The molecular weight excluding hydrogens is 486 g/mol. The lowest BCUT2D eigenvalue weighted by molar-refractivity contribution is 0.0602. The number of carbonyl (C=O) groups excluding carboxylic acids is 1. The molecule has 4 rings (SSSR count). The smallest absolute Gasteiger partial charge is 0.349 e. The fourth-order valence-electron chi connectivity index (χ4n) is 4.41. The van der Waals surface area contributed by atoms with Gasteiger partial charge in [0.25, 0.3) is 0 Å². The van der Waals surface area contributed by atoms with E-state index >= 15 is 0 Å². The molecule has 35 heavy (non-hydrogen) atoms. The molecule has 0 saturated heterocycles. The minimum Gasteiger partial charge on any atom is -0.465 e. The fraction of sp³-hybridized carbons (Fsp3) is 0.458. The number of nitrogens with zero attached hydrogens (tertiary/aromatic N) is 3. The Bertz CT molecular complexity index is 1280. The van der Waals surface area contributed by atoms with Gasteiger partial charge < -0.3 is 15.0 Å². The van der Waals surface area contributed by atoms with E-state index in [1.165, 1.54) is 13.2 Å². The molecule has 1 aromatic carbocycles. The number of fused-ring (bicyclic) bond motifs is 1. The third-order valence-electron chi connectivity index (χ3n) is 6.37. The van der Waals surface area contributed by atoms with Crippen molar-refractivity contribution in [3.8, 4) is 0 Å². The molecule has 2 N–H and O–H groups in total. The van der Waals surface area contributed by atoms with Gasteiger partial charge in [-0.1, -0.05) is 12.1 Å². The molecule has 0 bridgehead atoms. The molecule has 2 aromatic heterocycles. The molecule has 0 radical (unpaired) electrons. The number of nitrogens with one attached hydrogen (secondary N) is 2. The molecular formula is C24H31N5O4S2. The van der Waals surface area contributed by atoms with Gasteiger partial charge in [-0.25, -0.2) is 22.9 Å². The maximum Gasteiger partial charge on any atom is 0.349 e. The van der Waals surface area contributed by atoms with Crippen molar-refractivity contribution >= 4 is 50.0 Å². The average molecular weight is 518 g/mol. The van der Waals surface area contributed by atoms with Gasteiger partial charge in [-0.05, 0) is 61.1 Å². The number of benzene rings is 1. The Balaban J connectivity index is 1.29. The number of esters is 1. The van der Waals surface area contributed by atoms with E-state index in [9.17, 15) is 13.2 Å². The molecule has 1 aliphatic rings. The minimum atomic E-state index is -3.76. The van der Waals surface area contributed by atoms with E-state index < -0.39 is 16.0 Å². The Labute approximate surface area is 210 Å². The van der Waals surface area contributed by atoms with Crippen LogP contribution in [-0.2, 0) is 14.8 Å². The zero-order valence-electron chi connectivity index (χ0n) is 20.2. The Hall–Kier alpha value is -2.76. The van der Waals surface area contributed by atoms with Crippen LogP contribution in [0, 0.1) is 11.8 Å². The number of hydrogen-bond acceptors (Lipinski definition) is 9. The molecule has 11 heteroatoms. The molecule has 188 valence electrons. The van der Waals surface area contributed by atoms with Crippen molar-refractivity contribution in [2.45, 2.75) is 30.6 Å². The number of anilines is 2.